The molecule has 35 heavy (non-hydrogen) atoms. The summed E-state index contributed by atoms with van der Waals surface area (Å²) < 4.78 is 27.9. The van der Waals surface area contributed by atoms with Gasteiger partial charge in [0.2, 0.25) is 10.0 Å². The molecule has 0 radical (unpaired) electrons. The number of fused-ring (bicyclic) bond motifs is 1. The minimum atomic E-state index is -3.95. The Labute approximate surface area is 200 Å². The minimum absolute atomic E-state index is 0.0134. The van der Waals surface area contributed by atoms with E-state index in [-0.39, 0.29) is 27.3 Å². The molecule has 0 saturated heterocycles. The van der Waals surface area contributed by atoms with Crippen molar-refractivity contribution in [3.63, 3.8) is 0 Å². The molecule has 4 rings (SSSR count). The van der Waals surface area contributed by atoms with Crippen LogP contribution < -0.4 is 15.4 Å². The second-order valence-electron chi connectivity index (χ2n) is 7.69. The van der Waals surface area contributed by atoms with Crippen LogP contribution in [0.1, 0.15) is 36.6 Å². The van der Waals surface area contributed by atoms with Crippen molar-refractivity contribution in [2.75, 3.05) is 16.8 Å². The van der Waals surface area contributed by atoms with E-state index in [1.54, 1.807) is 31.2 Å². The fourth-order valence-electron chi connectivity index (χ4n) is 3.56. The molecule has 0 aliphatic carbocycles. The Morgan fingerprint density at radius 2 is 1.66 bits per heavy atom. The Morgan fingerprint density at radius 1 is 0.943 bits per heavy atom. The number of nitrogens with one attached hydrogen (secondary N) is 1. The van der Waals surface area contributed by atoms with E-state index in [2.05, 4.69) is 5.32 Å². The van der Waals surface area contributed by atoms with E-state index < -0.39 is 40.3 Å². The van der Waals surface area contributed by atoms with Crippen molar-refractivity contribution in [2.45, 2.75) is 11.8 Å². The Bertz CT molecular complexity index is 1500. The van der Waals surface area contributed by atoms with Crippen LogP contribution in [0.25, 0.3) is 0 Å². The van der Waals surface area contributed by atoms with E-state index in [9.17, 15) is 27.6 Å². The molecule has 3 aromatic carbocycles. The standard InChI is InChI=1S/C24H19N3O7S/c1-14-5-2-3-8-20(14)27-22(29)18-10-9-15(11-19(18)23(27)30)24(31)34-13-21(28)26-16-6-4-7-17(12-16)35(25,32)33/h2-12H,13H2,1H3,(H,26,28)(H2,25,32,33). The first-order valence-corrected chi connectivity index (χ1v) is 11.8. The van der Waals surface area contributed by atoms with Gasteiger partial charge in [-0.15, -0.1) is 0 Å². The number of hydrogen-bond acceptors (Lipinski definition) is 7. The molecular formula is C24H19N3O7S. The minimum Gasteiger partial charge on any atom is -0.452 e. The number of para-hydroxylation sites is 1. The number of ether oxygens (including phenoxy) is 1. The Morgan fingerprint density at radius 3 is 2.37 bits per heavy atom. The smallest absolute Gasteiger partial charge is 0.338 e. The van der Waals surface area contributed by atoms with E-state index in [1.807, 2.05) is 0 Å². The maximum Gasteiger partial charge on any atom is 0.338 e. The monoisotopic (exact) mass is 493 g/mol. The van der Waals surface area contributed by atoms with Crippen molar-refractivity contribution in [2.24, 2.45) is 5.14 Å². The van der Waals surface area contributed by atoms with E-state index >= 15 is 0 Å². The first-order valence-electron chi connectivity index (χ1n) is 10.2. The zero-order valence-electron chi connectivity index (χ0n) is 18.3. The van der Waals surface area contributed by atoms with Gasteiger partial charge in [0.25, 0.3) is 17.7 Å². The summed E-state index contributed by atoms with van der Waals surface area (Å²) in [6.07, 6.45) is 0. The van der Waals surface area contributed by atoms with Crippen LogP contribution in [0, 0.1) is 6.92 Å². The number of anilines is 2. The van der Waals surface area contributed by atoms with Gasteiger partial charge >= 0.3 is 5.97 Å². The van der Waals surface area contributed by atoms with Crippen molar-refractivity contribution in [1.29, 1.82) is 0 Å². The number of rotatable bonds is 6. The molecular weight excluding hydrogens is 474 g/mol. The molecule has 3 aromatic rings. The van der Waals surface area contributed by atoms with E-state index in [4.69, 9.17) is 9.88 Å². The van der Waals surface area contributed by atoms with Gasteiger partial charge in [-0.1, -0.05) is 24.3 Å². The number of nitrogens with two attached hydrogens (primary N) is 1. The molecule has 178 valence electrons. The van der Waals surface area contributed by atoms with Crippen LogP contribution >= 0.6 is 0 Å². The fraction of sp³-hybridized carbons (Fsp3) is 0.0833. The number of esters is 1. The lowest BCUT2D eigenvalue weighted by molar-refractivity contribution is -0.119. The second-order valence-corrected chi connectivity index (χ2v) is 9.25. The van der Waals surface area contributed by atoms with Crippen LogP contribution in [0.5, 0.6) is 0 Å². The highest BCUT2D eigenvalue weighted by atomic mass is 32.2. The molecule has 0 bridgehead atoms. The van der Waals surface area contributed by atoms with E-state index in [0.717, 1.165) is 10.5 Å². The van der Waals surface area contributed by atoms with E-state index in [1.165, 1.54) is 42.5 Å². The van der Waals surface area contributed by atoms with Crippen molar-refractivity contribution in [3.8, 4) is 0 Å². The summed E-state index contributed by atoms with van der Waals surface area (Å²) in [5.41, 5.74) is 1.53. The number of sulfonamides is 1. The largest absolute Gasteiger partial charge is 0.452 e. The van der Waals surface area contributed by atoms with Crippen LogP contribution in [0.15, 0.2) is 71.6 Å². The van der Waals surface area contributed by atoms with E-state index in [0.29, 0.717) is 5.69 Å². The van der Waals surface area contributed by atoms with Crippen molar-refractivity contribution in [3.05, 3.63) is 89.0 Å². The van der Waals surface area contributed by atoms with Crippen molar-refractivity contribution < 1.29 is 32.3 Å². The predicted molar refractivity (Wildman–Crippen MR) is 125 cm³/mol. The van der Waals surface area contributed by atoms with Gasteiger partial charge in [0.05, 0.1) is 27.3 Å². The molecule has 0 aromatic heterocycles. The third-order valence-corrected chi connectivity index (χ3v) is 6.17. The first kappa shape index (κ1) is 23.8. The summed E-state index contributed by atoms with van der Waals surface area (Å²) in [5.74, 6) is -2.67. The number of primary sulfonamides is 1. The molecule has 0 unspecified atom stereocenters. The molecule has 0 saturated carbocycles. The molecule has 10 nitrogen and oxygen atoms in total. The van der Waals surface area contributed by atoms with Gasteiger partial charge in [0.15, 0.2) is 6.61 Å². The molecule has 11 heteroatoms. The summed E-state index contributed by atoms with van der Waals surface area (Å²) in [6, 6.07) is 16.2. The van der Waals surface area contributed by atoms with Crippen molar-refractivity contribution >= 4 is 45.1 Å². The average molecular weight is 493 g/mol. The van der Waals surface area contributed by atoms with Gasteiger partial charge in [-0.3, -0.25) is 14.4 Å². The number of nitrogens with zero attached hydrogens (tertiary/aromatic N) is 1. The number of amides is 3. The van der Waals surface area contributed by atoms with Crippen molar-refractivity contribution in [1.82, 2.24) is 0 Å². The third kappa shape index (κ3) is 4.81. The van der Waals surface area contributed by atoms with Gasteiger partial charge in [-0.2, -0.15) is 0 Å². The highest BCUT2D eigenvalue weighted by Crippen LogP contribution is 2.31. The maximum absolute atomic E-state index is 12.9. The summed E-state index contributed by atoms with van der Waals surface area (Å²) >= 11 is 0. The molecule has 1 aliphatic rings. The van der Waals surface area contributed by atoms with Gasteiger partial charge in [0.1, 0.15) is 0 Å². The van der Waals surface area contributed by atoms with Gasteiger partial charge in [-0.25, -0.2) is 23.3 Å². The maximum atomic E-state index is 12.9. The number of hydrogen-bond donors (Lipinski definition) is 2. The van der Waals surface area contributed by atoms with Gasteiger partial charge < -0.3 is 10.1 Å². The Kier molecular flexibility index (Phi) is 6.20. The topological polar surface area (TPSA) is 153 Å². The van der Waals surface area contributed by atoms with Crippen LogP contribution in [-0.4, -0.2) is 38.7 Å². The molecule has 0 spiro atoms. The lowest BCUT2D eigenvalue weighted by Gasteiger charge is -2.16. The quantitative estimate of drug-likeness (QED) is 0.394. The summed E-state index contributed by atoms with van der Waals surface area (Å²) in [7, 11) is -3.95. The predicted octanol–water partition coefficient (Wildman–Crippen LogP) is 2.24. The highest BCUT2D eigenvalue weighted by Gasteiger charge is 2.37. The lowest BCUT2D eigenvalue weighted by Crippen LogP contribution is -2.29. The number of carbonyl (C=O) groups excluding carboxylic acids is 4. The number of aryl methyl sites for hydroxylation is 1. The molecule has 1 heterocycles. The summed E-state index contributed by atoms with van der Waals surface area (Å²) in [6.45, 7) is 1.11. The zero-order chi connectivity index (χ0) is 25.3. The number of benzene rings is 3. The summed E-state index contributed by atoms with van der Waals surface area (Å²) in [4.78, 5) is 51.2. The number of carbonyl (C=O) groups is 4. The zero-order valence-corrected chi connectivity index (χ0v) is 19.2. The van der Waals surface area contributed by atoms with Gasteiger partial charge in [0, 0.05) is 5.69 Å². The van der Waals surface area contributed by atoms with Crippen LogP contribution in [0.4, 0.5) is 11.4 Å². The normalized spacial score (nSPS) is 12.9. The SMILES string of the molecule is Cc1ccccc1N1C(=O)c2ccc(C(=O)OCC(=O)Nc3cccc(S(N)(=O)=O)c3)cc2C1=O. The average Bonchev–Trinajstić information content (AvgIpc) is 3.07. The Balaban J connectivity index is 1.44. The molecule has 0 atom stereocenters. The fourth-order valence-corrected chi connectivity index (χ4v) is 4.12. The Hall–Kier alpha value is -4.35. The second kappa shape index (κ2) is 9.12. The van der Waals surface area contributed by atoms with Crippen LogP contribution in [0.2, 0.25) is 0 Å². The molecule has 3 N–H and O–H groups in total. The third-order valence-electron chi connectivity index (χ3n) is 5.26. The van der Waals surface area contributed by atoms with Crippen LogP contribution in [-0.2, 0) is 19.6 Å². The molecule has 0 fully saturated rings. The molecule has 3 amide bonds. The summed E-state index contributed by atoms with van der Waals surface area (Å²) in [5, 5.41) is 7.47. The number of imide groups is 1. The van der Waals surface area contributed by atoms with Gasteiger partial charge in [-0.05, 0) is 55.0 Å². The lowest BCUT2D eigenvalue weighted by atomic mass is 10.1. The first-order chi connectivity index (χ1) is 16.6. The highest BCUT2D eigenvalue weighted by molar-refractivity contribution is 7.89. The van der Waals surface area contributed by atoms with Crippen LogP contribution in [0.3, 0.4) is 0 Å². The molecule has 1 aliphatic heterocycles.